The van der Waals surface area contributed by atoms with E-state index in [-0.39, 0.29) is 11.9 Å². The largest absolute Gasteiger partial charge is 0.467 e. The first kappa shape index (κ1) is 14.1. The molecule has 0 fully saturated rings. The molecule has 0 aliphatic heterocycles. The van der Waals surface area contributed by atoms with E-state index in [9.17, 15) is 4.79 Å². The summed E-state index contributed by atoms with van der Waals surface area (Å²) in [5.41, 5.74) is 0.903. The molecular weight excluding hydrogens is 288 g/mol. The second kappa shape index (κ2) is 5.89. The van der Waals surface area contributed by atoms with Gasteiger partial charge < -0.3 is 14.1 Å². The van der Waals surface area contributed by atoms with Gasteiger partial charge in [-0.15, -0.1) is 11.3 Å². The van der Waals surface area contributed by atoms with E-state index >= 15 is 0 Å². The molecule has 0 radical (unpaired) electrons. The Morgan fingerprint density at radius 2 is 2.48 bits per heavy atom. The highest BCUT2D eigenvalue weighted by molar-refractivity contribution is 7.15. The number of fused-ring (bicyclic) bond motifs is 1. The topological polar surface area (TPSA) is 55.6 Å². The van der Waals surface area contributed by atoms with E-state index in [2.05, 4.69) is 4.98 Å². The highest BCUT2D eigenvalue weighted by Crippen LogP contribution is 2.40. The van der Waals surface area contributed by atoms with E-state index in [4.69, 9.17) is 9.15 Å². The molecule has 3 rings (SSSR count). The van der Waals surface area contributed by atoms with Crippen LogP contribution in [0, 0.1) is 0 Å². The maximum Gasteiger partial charge on any atom is 0.315 e. The minimum Gasteiger partial charge on any atom is -0.467 e. The van der Waals surface area contributed by atoms with Gasteiger partial charge in [0.2, 0.25) is 0 Å². The van der Waals surface area contributed by atoms with Gasteiger partial charge in [-0.25, -0.2) is 4.98 Å². The summed E-state index contributed by atoms with van der Waals surface area (Å²) in [6.45, 7) is 2.92. The third-order valence-corrected chi connectivity index (χ3v) is 4.82. The van der Waals surface area contributed by atoms with Crippen LogP contribution in [0.5, 0.6) is 0 Å². The van der Waals surface area contributed by atoms with Crippen molar-refractivity contribution in [3.05, 3.63) is 34.7 Å². The predicted molar refractivity (Wildman–Crippen MR) is 80.6 cm³/mol. The van der Waals surface area contributed by atoms with E-state index < -0.39 is 0 Å². The van der Waals surface area contributed by atoms with Gasteiger partial charge in [-0.05, 0) is 31.9 Å². The number of aryl methyl sites for hydroxylation is 1. The molecule has 0 amide bonds. The Morgan fingerprint density at radius 1 is 1.62 bits per heavy atom. The summed E-state index contributed by atoms with van der Waals surface area (Å²) in [7, 11) is 1.98. The minimum atomic E-state index is -0.193. The fourth-order valence-corrected chi connectivity index (χ4v) is 3.65. The van der Waals surface area contributed by atoms with Gasteiger partial charge in [0.05, 0.1) is 25.1 Å². The first-order valence-corrected chi connectivity index (χ1v) is 7.90. The van der Waals surface area contributed by atoms with Gasteiger partial charge >= 0.3 is 5.97 Å². The molecule has 0 saturated carbocycles. The monoisotopic (exact) mass is 306 g/mol. The van der Waals surface area contributed by atoms with Gasteiger partial charge in [0.25, 0.3) is 0 Å². The quantitative estimate of drug-likeness (QED) is 0.795. The maximum atomic E-state index is 12.0. The minimum absolute atomic E-state index is 0.151. The molecule has 0 bridgehead atoms. The summed E-state index contributed by atoms with van der Waals surface area (Å²) < 4.78 is 10.5. The summed E-state index contributed by atoms with van der Waals surface area (Å²) in [6, 6.07) is 3.82. The number of carbonyl (C=O) groups excluding carboxylic acids is 1. The van der Waals surface area contributed by atoms with Gasteiger partial charge in [0.15, 0.2) is 5.13 Å². The molecule has 0 spiro atoms. The van der Waals surface area contributed by atoms with Gasteiger partial charge in [0, 0.05) is 11.9 Å². The van der Waals surface area contributed by atoms with E-state index in [1.54, 1.807) is 17.6 Å². The molecule has 2 heterocycles. The lowest BCUT2D eigenvalue weighted by molar-refractivity contribution is -0.145. The van der Waals surface area contributed by atoms with Crippen molar-refractivity contribution in [2.75, 3.05) is 18.6 Å². The van der Waals surface area contributed by atoms with Gasteiger partial charge in [-0.2, -0.15) is 0 Å². The zero-order chi connectivity index (χ0) is 14.8. The van der Waals surface area contributed by atoms with Crippen LogP contribution in [-0.4, -0.2) is 24.6 Å². The fourth-order valence-electron chi connectivity index (χ4n) is 2.55. The third-order valence-electron chi connectivity index (χ3n) is 3.58. The Kier molecular flexibility index (Phi) is 3.96. The van der Waals surface area contributed by atoms with E-state index in [0.717, 1.165) is 29.4 Å². The third kappa shape index (κ3) is 2.81. The van der Waals surface area contributed by atoms with Crippen LogP contribution < -0.4 is 4.90 Å². The second-order valence-corrected chi connectivity index (χ2v) is 6.15. The number of nitrogens with zero attached hydrogens (tertiary/aromatic N) is 2. The van der Waals surface area contributed by atoms with Crippen molar-refractivity contribution in [2.24, 2.45) is 0 Å². The molecule has 1 aliphatic carbocycles. The lowest BCUT2D eigenvalue weighted by Gasteiger charge is -2.14. The van der Waals surface area contributed by atoms with Crippen molar-refractivity contribution in [3.8, 4) is 0 Å². The van der Waals surface area contributed by atoms with Crippen LogP contribution in [0.15, 0.2) is 22.8 Å². The molecule has 1 unspecified atom stereocenters. The summed E-state index contributed by atoms with van der Waals surface area (Å²) >= 11 is 1.66. The molecule has 6 heteroatoms. The zero-order valence-electron chi connectivity index (χ0n) is 12.2. The Labute approximate surface area is 127 Å². The SMILES string of the molecule is CCOC(=O)C1CCc2sc(N(C)Cc3ccco3)nc21. The van der Waals surface area contributed by atoms with Crippen LogP contribution in [-0.2, 0) is 22.5 Å². The zero-order valence-corrected chi connectivity index (χ0v) is 13.0. The van der Waals surface area contributed by atoms with Crippen molar-refractivity contribution in [1.82, 2.24) is 4.98 Å². The van der Waals surface area contributed by atoms with Crippen molar-refractivity contribution in [2.45, 2.75) is 32.2 Å². The Bertz CT molecular complexity index is 621. The van der Waals surface area contributed by atoms with Crippen molar-refractivity contribution < 1.29 is 13.9 Å². The summed E-state index contributed by atoms with van der Waals surface area (Å²) in [4.78, 5) is 19.9. The first-order valence-electron chi connectivity index (χ1n) is 7.08. The summed E-state index contributed by atoms with van der Waals surface area (Å²) in [5.74, 6) is 0.554. The summed E-state index contributed by atoms with van der Waals surface area (Å²) in [6.07, 6.45) is 3.39. The lowest BCUT2D eigenvalue weighted by Crippen LogP contribution is -2.17. The van der Waals surface area contributed by atoms with E-state index in [1.165, 1.54) is 4.88 Å². The normalized spacial score (nSPS) is 16.8. The number of thiazole rings is 1. The van der Waals surface area contributed by atoms with Crippen molar-refractivity contribution in [3.63, 3.8) is 0 Å². The standard InChI is InChI=1S/C15H18N2O3S/c1-3-19-14(18)11-6-7-12-13(11)16-15(21-12)17(2)9-10-5-4-8-20-10/h4-5,8,11H,3,6-7,9H2,1-2H3. The molecule has 21 heavy (non-hydrogen) atoms. The molecule has 1 atom stereocenters. The number of carbonyl (C=O) groups is 1. The predicted octanol–water partition coefficient (Wildman–Crippen LogP) is 2.97. The van der Waals surface area contributed by atoms with E-state index in [0.29, 0.717) is 13.2 Å². The lowest BCUT2D eigenvalue weighted by atomic mass is 10.1. The Morgan fingerprint density at radius 3 is 3.19 bits per heavy atom. The molecule has 0 saturated heterocycles. The number of rotatable bonds is 5. The number of hydrogen-bond acceptors (Lipinski definition) is 6. The average Bonchev–Trinajstić information content (AvgIpc) is 3.14. The number of hydrogen-bond donors (Lipinski definition) is 0. The van der Waals surface area contributed by atoms with Gasteiger partial charge in [-0.3, -0.25) is 4.79 Å². The smallest absolute Gasteiger partial charge is 0.315 e. The molecule has 0 N–H and O–H groups in total. The Balaban J connectivity index is 1.75. The van der Waals surface area contributed by atoms with Crippen LogP contribution in [0.1, 0.15) is 35.6 Å². The molecule has 0 aromatic carbocycles. The van der Waals surface area contributed by atoms with Crippen LogP contribution >= 0.6 is 11.3 Å². The fraction of sp³-hybridized carbons (Fsp3) is 0.467. The van der Waals surface area contributed by atoms with Gasteiger partial charge in [-0.1, -0.05) is 0 Å². The molecule has 1 aliphatic rings. The molecule has 5 nitrogen and oxygen atoms in total. The molecule has 2 aromatic rings. The van der Waals surface area contributed by atoms with Crippen molar-refractivity contribution in [1.29, 1.82) is 0 Å². The number of ether oxygens (including phenoxy) is 1. The summed E-state index contributed by atoms with van der Waals surface area (Å²) in [5, 5.41) is 0.922. The Hall–Kier alpha value is -1.82. The number of furan rings is 1. The first-order chi connectivity index (χ1) is 10.2. The van der Waals surface area contributed by atoms with Crippen LogP contribution in [0.4, 0.5) is 5.13 Å². The van der Waals surface area contributed by atoms with Crippen LogP contribution in [0.25, 0.3) is 0 Å². The van der Waals surface area contributed by atoms with Crippen molar-refractivity contribution >= 4 is 22.4 Å². The van der Waals surface area contributed by atoms with E-state index in [1.807, 2.05) is 31.0 Å². The van der Waals surface area contributed by atoms with Crippen LogP contribution in [0.2, 0.25) is 0 Å². The maximum absolute atomic E-state index is 12.0. The number of anilines is 1. The second-order valence-electron chi connectivity index (χ2n) is 5.08. The number of esters is 1. The number of aromatic nitrogens is 1. The highest BCUT2D eigenvalue weighted by Gasteiger charge is 2.34. The highest BCUT2D eigenvalue weighted by atomic mass is 32.1. The van der Waals surface area contributed by atoms with Crippen LogP contribution in [0.3, 0.4) is 0 Å². The molecule has 112 valence electrons. The van der Waals surface area contributed by atoms with Gasteiger partial charge in [0.1, 0.15) is 11.7 Å². The average molecular weight is 306 g/mol. The molecule has 2 aromatic heterocycles. The molecular formula is C15H18N2O3S.